The Morgan fingerprint density at radius 3 is 2.30 bits per heavy atom. The van der Waals surface area contributed by atoms with Gasteiger partial charge in [-0.05, 0) is 43.9 Å². The Hall–Kier alpha value is -1.60. The summed E-state index contributed by atoms with van der Waals surface area (Å²) < 4.78 is 33.3. The van der Waals surface area contributed by atoms with E-state index in [2.05, 4.69) is 0 Å². The molecule has 0 N–H and O–H groups in total. The maximum atomic E-state index is 13.2. The highest BCUT2D eigenvalue weighted by molar-refractivity contribution is 7.89. The molecule has 3 rings (SSSR count). The fourth-order valence-electron chi connectivity index (χ4n) is 4.09. The topological polar surface area (TPSA) is 66.9 Å². The van der Waals surface area contributed by atoms with E-state index >= 15 is 0 Å². The van der Waals surface area contributed by atoms with Crippen LogP contribution in [0.1, 0.15) is 61.7 Å². The van der Waals surface area contributed by atoms with Crippen molar-refractivity contribution in [3.8, 4) is 5.75 Å². The second-order valence-corrected chi connectivity index (χ2v) is 9.44. The Bertz CT molecular complexity index is 764. The van der Waals surface area contributed by atoms with Gasteiger partial charge in [0, 0.05) is 31.7 Å². The lowest BCUT2D eigenvalue weighted by Gasteiger charge is -2.25. The Morgan fingerprint density at radius 1 is 1.07 bits per heavy atom. The van der Waals surface area contributed by atoms with E-state index in [-0.39, 0.29) is 16.8 Å². The van der Waals surface area contributed by atoms with E-state index in [1.807, 2.05) is 7.05 Å². The number of amides is 1. The first kappa shape index (κ1) is 20.1. The molecule has 27 heavy (non-hydrogen) atoms. The standard InChI is InChI=1S/C20H30N2O4S/c1-21(17-9-5-6-10-17)20(23)16-11-12-18(26-2)19(15-16)27(24,25)22-13-7-3-4-8-14-22/h11-12,15,17H,3-10,13-14H2,1-2H3. The highest BCUT2D eigenvalue weighted by Crippen LogP contribution is 2.30. The largest absolute Gasteiger partial charge is 0.495 e. The molecule has 1 aromatic carbocycles. The first-order valence-corrected chi connectivity index (χ1v) is 11.3. The second kappa shape index (κ2) is 8.61. The van der Waals surface area contributed by atoms with Gasteiger partial charge in [0.2, 0.25) is 10.0 Å². The van der Waals surface area contributed by atoms with Crippen LogP contribution in [0.15, 0.2) is 23.1 Å². The third-order valence-corrected chi connectivity index (χ3v) is 7.71. The average Bonchev–Trinajstić information content (AvgIpc) is 3.07. The molecule has 0 aromatic heterocycles. The minimum absolute atomic E-state index is 0.0950. The van der Waals surface area contributed by atoms with Crippen molar-refractivity contribution in [1.82, 2.24) is 9.21 Å². The van der Waals surface area contributed by atoms with Crippen LogP contribution in [0.2, 0.25) is 0 Å². The third-order valence-electron chi connectivity index (χ3n) is 5.79. The Kier molecular flexibility index (Phi) is 6.42. The van der Waals surface area contributed by atoms with Gasteiger partial charge in [-0.25, -0.2) is 8.42 Å². The molecule has 1 aromatic rings. The van der Waals surface area contributed by atoms with Crippen LogP contribution in [0, 0.1) is 0 Å². The summed E-state index contributed by atoms with van der Waals surface area (Å²) in [6.45, 7) is 1.04. The van der Waals surface area contributed by atoms with Gasteiger partial charge in [0.1, 0.15) is 10.6 Å². The lowest BCUT2D eigenvalue weighted by Crippen LogP contribution is -2.35. The highest BCUT2D eigenvalue weighted by atomic mass is 32.2. The van der Waals surface area contributed by atoms with Gasteiger partial charge in [-0.1, -0.05) is 25.7 Å². The molecular weight excluding hydrogens is 364 g/mol. The summed E-state index contributed by atoms with van der Waals surface area (Å²) >= 11 is 0. The second-order valence-electron chi connectivity index (χ2n) is 7.54. The number of sulfonamides is 1. The van der Waals surface area contributed by atoms with E-state index in [1.165, 1.54) is 17.5 Å². The predicted molar refractivity (Wildman–Crippen MR) is 105 cm³/mol. The van der Waals surface area contributed by atoms with Crippen LogP contribution >= 0.6 is 0 Å². The summed E-state index contributed by atoms with van der Waals surface area (Å²) in [7, 11) is -0.419. The van der Waals surface area contributed by atoms with Crippen LogP contribution in [0.25, 0.3) is 0 Å². The van der Waals surface area contributed by atoms with Gasteiger partial charge in [-0.3, -0.25) is 4.79 Å². The first-order valence-electron chi connectivity index (χ1n) is 9.90. The number of methoxy groups -OCH3 is 1. The highest BCUT2D eigenvalue weighted by Gasteiger charge is 2.30. The van der Waals surface area contributed by atoms with Crippen molar-refractivity contribution in [2.75, 3.05) is 27.2 Å². The quantitative estimate of drug-likeness (QED) is 0.769. The molecule has 0 unspecified atom stereocenters. The van der Waals surface area contributed by atoms with Crippen molar-refractivity contribution < 1.29 is 17.9 Å². The zero-order valence-electron chi connectivity index (χ0n) is 16.3. The summed E-state index contributed by atoms with van der Waals surface area (Å²) in [5.41, 5.74) is 0.401. The average molecular weight is 395 g/mol. The molecule has 0 bridgehead atoms. The zero-order valence-corrected chi connectivity index (χ0v) is 17.1. The van der Waals surface area contributed by atoms with Crippen LogP contribution < -0.4 is 4.74 Å². The maximum Gasteiger partial charge on any atom is 0.253 e. The summed E-state index contributed by atoms with van der Waals surface area (Å²) in [6.07, 6.45) is 8.13. The van der Waals surface area contributed by atoms with Gasteiger partial charge >= 0.3 is 0 Å². The fourth-order valence-corrected chi connectivity index (χ4v) is 5.79. The third kappa shape index (κ3) is 4.29. The molecule has 0 atom stereocenters. The first-order chi connectivity index (χ1) is 12.9. The Balaban J connectivity index is 1.92. The van der Waals surface area contributed by atoms with Crippen molar-refractivity contribution in [2.45, 2.75) is 62.3 Å². The van der Waals surface area contributed by atoms with Crippen LogP contribution in [-0.4, -0.2) is 56.8 Å². The normalized spacial score (nSPS) is 19.6. The molecule has 1 saturated carbocycles. The van der Waals surface area contributed by atoms with Crippen LogP contribution in [0.3, 0.4) is 0 Å². The number of carbonyl (C=O) groups excluding carboxylic acids is 1. The summed E-state index contributed by atoms with van der Waals surface area (Å²) in [6, 6.07) is 4.99. The number of hydrogen-bond acceptors (Lipinski definition) is 4. The maximum absolute atomic E-state index is 13.2. The number of benzene rings is 1. The Labute approximate surface area is 162 Å². The van der Waals surface area contributed by atoms with E-state index in [0.717, 1.165) is 51.4 Å². The molecular formula is C20H30N2O4S. The molecule has 2 fully saturated rings. The van der Waals surface area contributed by atoms with Gasteiger partial charge in [0.05, 0.1) is 7.11 Å². The monoisotopic (exact) mass is 394 g/mol. The molecule has 1 aliphatic heterocycles. The Morgan fingerprint density at radius 2 is 1.70 bits per heavy atom. The minimum Gasteiger partial charge on any atom is -0.495 e. The summed E-state index contributed by atoms with van der Waals surface area (Å²) in [4.78, 5) is 14.8. The fraction of sp³-hybridized carbons (Fsp3) is 0.650. The van der Waals surface area contributed by atoms with Crippen molar-refractivity contribution in [3.63, 3.8) is 0 Å². The molecule has 7 heteroatoms. The van der Waals surface area contributed by atoms with Gasteiger partial charge in [-0.2, -0.15) is 4.31 Å². The summed E-state index contributed by atoms with van der Waals surface area (Å²) in [5.74, 6) is 0.163. The van der Waals surface area contributed by atoms with Crippen molar-refractivity contribution in [1.29, 1.82) is 0 Å². The van der Waals surface area contributed by atoms with Crippen LogP contribution in [0.4, 0.5) is 0 Å². The van der Waals surface area contributed by atoms with E-state index in [1.54, 1.807) is 17.0 Å². The summed E-state index contributed by atoms with van der Waals surface area (Å²) in [5, 5.41) is 0. The van der Waals surface area contributed by atoms with Gasteiger partial charge < -0.3 is 9.64 Å². The van der Waals surface area contributed by atoms with Crippen LogP contribution in [0.5, 0.6) is 5.75 Å². The lowest BCUT2D eigenvalue weighted by atomic mass is 10.1. The van der Waals surface area contributed by atoms with Crippen molar-refractivity contribution >= 4 is 15.9 Å². The van der Waals surface area contributed by atoms with Gasteiger partial charge in [0.25, 0.3) is 5.91 Å². The number of hydrogen-bond donors (Lipinski definition) is 0. The van der Waals surface area contributed by atoms with Crippen LogP contribution in [-0.2, 0) is 10.0 Å². The minimum atomic E-state index is -3.69. The molecule has 0 radical (unpaired) electrons. The number of nitrogens with zero attached hydrogens (tertiary/aromatic N) is 2. The molecule has 1 amide bonds. The van der Waals surface area contributed by atoms with E-state index in [0.29, 0.717) is 24.4 Å². The van der Waals surface area contributed by atoms with E-state index in [9.17, 15) is 13.2 Å². The van der Waals surface area contributed by atoms with Gasteiger partial charge in [0.15, 0.2) is 0 Å². The number of carbonyl (C=O) groups is 1. The molecule has 150 valence electrons. The molecule has 2 aliphatic rings. The number of rotatable bonds is 5. The van der Waals surface area contributed by atoms with Crippen molar-refractivity contribution in [2.24, 2.45) is 0 Å². The zero-order chi connectivity index (χ0) is 19.4. The molecule has 1 aliphatic carbocycles. The molecule has 0 spiro atoms. The van der Waals surface area contributed by atoms with E-state index < -0.39 is 10.0 Å². The molecule has 1 saturated heterocycles. The predicted octanol–water partition coefficient (Wildman–Crippen LogP) is 3.27. The van der Waals surface area contributed by atoms with Crippen molar-refractivity contribution in [3.05, 3.63) is 23.8 Å². The number of ether oxygens (including phenoxy) is 1. The van der Waals surface area contributed by atoms with Gasteiger partial charge in [-0.15, -0.1) is 0 Å². The lowest BCUT2D eigenvalue weighted by molar-refractivity contribution is 0.0735. The smallest absolute Gasteiger partial charge is 0.253 e. The SMILES string of the molecule is COc1ccc(C(=O)N(C)C2CCCC2)cc1S(=O)(=O)N1CCCCCC1. The van der Waals surface area contributed by atoms with E-state index in [4.69, 9.17) is 4.74 Å². The molecule has 6 nitrogen and oxygen atoms in total. The molecule has 1 heterocycles.